The van der Waals surface area contributed by atoms with Gasteiger partial charge in [0, 0.05) is 45.0 Å². The maximum absolute atomic E-state index is 13.4. The summed E-state index contributed by atoms with van der Waals surface area (Å²) in [7, 11) is 0. The standard InChI is InChI=1S/C19H30N4O/c1-3-16-14-20-10-13-23(16)18(17-6-4-5-9-21-17)19(24)22-11-7-15(2)8-12-22/h4-6,9,15-16,18,20H,3,7-8,10-14H2,1-2H3. The zero-order valence-electron chi connectivity index (χ0n) is 14.9. The van der Waals surface area contributed by atoms with Gasteiger partial charge in [0.2, 0.25) is 5.91 Å². The Bertz CT molecular complexity index is 527. The van der Waals surface area contributed by atoms with E-state index in [1.54, 1.807) is 6.20 Å². The summed E-state index contributed by atoms with van der Waals surface area (Å²) in [6.07, 6.45) is 5.07. The first-order valence-corrected chi connectivity index (χ1v) is 9.37. The number of hydrogen-bond donors (Lipinski definition) is 1. The van der Waals surface area contributed by atoms with Crippen LogP contribution in [0.2, 0.25) is 0 Å². The summed E-state index contributed by atoms with van der Waals surface area (Å²) in [5.41, 5.74) is 0.890. The second-order valence-electron chi connectivity index (χ2n) is 7.17. The van der Waals surface area contributed by atoms with Gasteiger partial charge in [0.15, 0.2) is 0 Å². The molecular formula is C19H30N4O. The first-order chi connectivity index (χ1) is 11.7. The molecule has 2 aliphatic rings. The molecular weight excluding hydrogens is 300 g/mol. The van der Waals surface area contributed by atoms with Gasteiger partial charge in [-0.2, -0.15) is 0 Å². The maximum atomic E-state index is 13.4. The highest BCUT2D eigenvalue weighted by Crippen LogP contribution is 2.28. The summed E-state index contributed by atoms with van der Waals surface area (Å²) in [6, 6.07) is 6.06. The molecule has 1 N–H and O–H groups in total. The molecule has 0 bridgehead atoms. The van der Waals surface area contributed by atoms with Crippen molar-refractivity contribution in [1.82, 2.24) is 20.1 Å². The molecule has 2 fully saturated rings. The van der Waals surface area contributed by atoms with Crippen molar-refractivity contribution in [3.05, 3.63) is 30.1 Å². The Morgan fingerprint density at radius 1 is 1.33 bits per heavy atom. The van der Waals surface area contributed by atoms with Crippen molar-refractivity contribution in [3.8, 4) is 0 Å². The first kappa shape index (κ1) is 17.4. The molecule has 1 amide bonds. The number of likely N-dealkylation sites (tertiary alicyclic amines) is 1. The van der Waals surface area contributed by atoms with Crippen LogP contribution in [0, 0.1) is 5.92 Å². The van der Waals surface area contributed by atoms with Crippen molar-refractivity contribution in [3.63, 3.8) is 0 Å². The number of nitrogens with one attached hydrogen (secondary N) is 1. The zero-order valence-corrected chi connectivity index (χ0v) is 14.9. The third-order valence-electron chi connectivity index (χ3n) is 5.50. The summed E-state index contributed by atoms with van der Waals surface area (Å²) in [5, 5.41) is 3.46. The van der Waals surface area contributed by atoms with Crippen molar-refractivity contribution in [2.75, 3.05) is 32.7 Å². The van der Waals surface area contributed by atoms with E-state index in [-0.39, 0.29) is 11.9 Å². The van der Waals surface area contributed by atoms with Gasteiger partial charge in [0.1, 0.15) is 6.04 Å². The molecule has 2 atom stereocenters. The van der Waals surface area contributed by atoms with Gasteiger partial charge in [-0.05, 0) is 37.3 Å². The number of hydrogen-bond acceptors (Lipinski definition) is 4. The van der Waals surface area contributed by atoms with E-state index in [2.05, 4.69) is 33.9 Å². The topological polar surface area (TPSA) is 48.5 Å². The Labute approximate surface area is 145 Å². The van der Waals surface area contributed by atoms with Gasteiger partial charge in [-0.1, -0.05) is 19.9 Å². The molecule has 2 saturated heterocycles. The molecule has 5 nitrogen and oxygen atoms in total. The highest BCUT2D eigenvalue weighted by atomic mass is 16.2. The van der Waals surface area contributed by atoms with Gasteiger partial charge >= 0.3 is 0 Å². The lowest BCUT2D eigenvalue weighted by Gasteiger charge is -2.42. The second kappa shape index (κ2) is 8.08. The Balaban J connectivity index is 1.86. The number of piperazine rings is 1. The second-order valence-corrected chi connectivity index (χ2v) is 7.17. The fourth-order valence-electron chi connectivity index (χ4n) is 3.87. The van der Waals surface area contributed by atoms with Crippen LogP contribution in [0.25, 0.3) is 0 Å². The molecule has 2 aliphatic heterocycles. The van der Waals surface area contributed by atoms with Gasteiger partial charge in [0.25, 0.3) is 0 Å². The monoisotopic (exact) mass is 330 g/mol. The van der Waals surface area contributed by atoms with Gasteiger partial charge in [-0.15, -0.1) is 0 Å². The number of piperidine rings is 1. The van der Waals surface area contributed by atoms with E-state index in [0.717, 1.165) is 63.6 Å². The molecule has 0 saturated carbocycles. The van der Waals surface area contributed by atoms with Gasteiger partial charge < -0.3 is 10.2 Å². The van der Waals surface area contributed by atoms with Crippen LogP contribution in [0.15, 0.2) is 24.4 Å². The minimum Gasteiger partial charge on any atom is -0.341 e. The van der Waals surface area contributed by atoms with Gasteiger partial charge in [0.05, 0.1) is 5.69 Å². The molecule has 1 aromatic rings. The minimum absolute atomic E-state index is 0.237. The van der Waals surface area contributed by atoms with E-state index in [0.29, 0.717) is 6.04 Å². The van der Waals surface area contributed by atoms with E-state index in [4.69, 9.17) is 0 Å². The van der Waals surface area contributed by atoms with Gasteiger partial charge in [-0.3, -0.25) is 14.7 Å². The Morgan fingerprint density at radius 3 is 2.79 bits per heavy atom. The van der Waals surface area contributed by atoms with Crippen LogP contribution in [-0.4, -0.2) is 59.5 Å². The Morgan fingerprint density at radius 2 is 2.12 bits per heavy atom. The van der Waals surface area contributed by atoms with E-state index >= 15 is 0 Å². The summed E-state index contributed by atoms with van der Waals surface area (Å²) in [6.45, 7) is 9.02. The summed E-state index contributed by atoms with van der Waals surface area (Å²) in [4.78, 5) is 22.4. The molecule has 5 heteroatoms. The van der Waals surface area contributed by atoms with Crippen LogP contribution >= 0.6 is 0 Å². The smallest absolute Gasteiger partial charge is 0.246 e. The zero-order chi connectivity index (χ0) is 16.9. The number of carbonyl (C=O) groups is 1. The maximum Gasteiger partial charge on any atom is 0.246 e. The fourth-order valence-corrected chi connectivity index (χ4v) is 3.87. The van der Waals surface area contributed by atoms with E-state index in [9.17, 15) is 4.79 Å². The van der Waals surface area contributed by atoms with Crippen molar-refractivity contribution < 1.29 is 4.79 Å². The summed E-state index contributed by atoms with van der Waals surface area (Å²) in [5.74, 6) is 0.964. The molecule has 0 aromatic carbocycles. The lowest BCUT2D eigenvalue weighted by Crippen LogP contribution is -2.56. The van der Waals surface area contributed by atoms with Crippen LogP contribution in [0.3, 0.4) is 0 Å². The van der Waals surface area contributed by atoms with E-state index < -0.39 is 0 Å². The molecule has 1 aromatic heterocycles. The number of aromatic nitrogens is 1. The number of rotatable bonds is 4. The molecule has 2 unspecified atom stereocenters. The van der Waals surface area contributed by atoms with Crippen molar-refractivity contribution >= 4 is 5.91 Å². The van der Waals surface area contributed by atoms with E-state index in [1.165, 1.54) is 0 Å². The van der Waals surface area contributed by atoms with Crippen LogP contribution in [0.5, 0.6) is 0 Å². The molecule has 0 radical (unpaired) electrons. The van der Waals surface area contributed by atoms with Crippen molar-refractivity contribution in [1.29, 1.82) is 0 Å². The number of nitrogens with zero attached hydrogens (tertiary/aromatic N) is 3. The third kappa shape index (κ3) is 3.78. The van der Waals surface area contributed by atoms with Crippen molar-refractivity contribution in [2.24, 2.45) is 5.92 Å². The SMILES string of the molecule is CCC1CNCCN1C(C(=O)N1CCC(C)CC1)c1ccccn1. The number of amides is 1. The Kier molecular flexibility index (Phi) is 5.85. The highest BCUT2D eigenvalue weighted by molar-refractivity contribution is 5.83. The minimum atomic E-state index is -0.244. The van der Waals surface area contributed by atoms with Crippen LogP contribution in [-0.2, 0) is 4.79 Å². The third-order valence-corrected chi connectivity index (χ3v) is 5.50. The highest BCUT2D eigenvalue weighted by Gasteiger charge is 2.37. The molecule has 24 heavy (non-hydrogen) atoms. The molecule has 0 spiro atoms. The molecule has 3 rings (SSSR count). The first-order valence-electron chi connectivity index (χ1n) is 9.37. The largest absolute Gasteiger partial charge is 0.341 e. The van der Waals surface area contributed by atoms with Crippen molar-refractivity contribution in [2.45, 2.75) is 45.2 Å². The fraction of sp³-hybridized carbons (Fsp3) is 0.684. The average Bonchev–Trinajstić information content (AvgIpc) is 2.64. The number of pyridine rings is 1. The Hall–Kier alpha value is -1.46. The molecule has 3 heterocycles. The normalized spacial score (nSPS) is 24.8. The average molecular weight is 330 g/mol. The summed E-state index contributed by atoms with van der Waals surface area (Å²) >= 11 is 0. The quantitative estimate of drug-likeness (QED) is 0.918. The molecule has 0 aliphatic carbocycles. The predicted molar refractivity (Wildman–Crippen MR) is 95.6 cm³/mol. The lowest BCUT2D eigenvalue weighted by atomic mass is 9.97. The van der Waals surface area contributed by atoms with Gasteiger partial charge in [-0.25, -0.2) is 0 Å². The number of carbonyl (C=O) groups excluding carboxylic acids is 1. The molecule has 132 valence electrons. The lowest BCUT2D eigenvalue weighted by molar-refractivity contribution is -0.140. The van der Waals surface area contributed by atoms with Crippen LogP contribution < -0.4 is 5.32 Å². The summed E-state index contributed by atoms with van der Waals surface area (Å²) < 4.78 is 0. The van der Waals surface area contributed by atoms with E-state index in [1.807, 2.05) is 18.2 Å². The predicted octanol–water partition coefficient (Wildman–Crippen LogP) is 2.06. The van der Waals surface area contributed by atoms with Crippen LogP contribution in [0.4, 0.5) is 0 Å². The van der Waals surface area contributed by atoms with Crippen LogP contribution in [0.1, 0.15) is 44.8 Å².